The number of rotatable bonds is 5. The van der Waals surface area contributed by atoms with Gasteiger partial charge in [0.2, 0.25) is 5.91 Å². The van der Waals surface area contributed by atoms with Gasteiger partial charge in [-0.2, -0.15) is 0 Å². The van der Waals surface area contributed by atoms with Gasteiger partial charge in [0, 0.05) is 25.5 Å². The van der Waals surface area contributed by atoms with Crippen molar-refractivity contribution in [2.24, 2.45) is 0 Å². The van der Waals surface area contributed by atoms with E-state index in [1.54, 1.807) is 18.3 Å². The molecule has 1 aliphatic rings. The molecule has 0 aliphatic carbocycles. The van der Waals surface area contributed by atoms with Crippen molar-refractivity contribution < 1.29 is 9.59 Å². The smallest absolute Gasteiger partial charge is 0.253 e. The number of imidazole rings is 1. The lowest BCUT2D eigenvalue weighted by atomic mass is 10.2. The zero-order valence-corrected chi connectivity index (χ0v) is 17.3. The van der Waals surface area contributed by atoms with Crippen LogP contribution < -0.4 is 5.32 Å². The van der Waals surface area contributed by atoms with Gasteiger partial charge in [-0.05, 0) is 44.0 Å². The molecule has 3 heterocycles. The number of hydrogen-bond acceptors (Lipinski definition) is 4. The van der Waals surface area contributed by atoms with Crippen molar-refractivity contribution in [1.82, 2.24) is 24.8 Å². The molecule has 1 saturated heterocycles. The van der Waals surface area contributed by atoms with E-state index in [0.717, 1.165) is 37.0 Å². The molecular formula is C23H27N5O2. The summed E-state index contributed by atoms with van der Waals surface area (Å²) in [5, 5.41) is 2.99. The van der Waals surface area contributed by atoms with Crippen LogP contribution in [0.15, 0.2) is 48.8 Å². The van der Waals surface area contributed by atoms with Crippen LogP contribution in [0.2, 0.25) is 0 Å². The molecule has 0 radical (unpaired) electrons. The SMILES string of the molecule is CC(NC(=O)c1cccnc1)c1nc2ccccc2n1CC(=O)N1CCCCCC1. The van der Waals surface area contributed by atoms with Crippen LogP contribution in [0.4, 0.5) is 0 Å². The average molecular weight is 406 g/mol. The van der Waals surface area contributed by atoms with Crippen molar-refractivity contribution in [2.75, 3.05) is 13.1 Å². The van der Waals surface area contributed by atoms with Crippen LogP contribution in [0.3, 0.4) is 0 Å². The van der Waals surface area contributed by atoms with Crippen LogP contribution in [0.5, 0.6) is 0 Å². The number of benzene rings is 1. The van der Waals surface area contributed by atoms with Crippen molar-refractivity contribution >= 4 is 22.8 Å². The zero-order chi connectivity index (χ0) is 20.9. The second-order valence-electron chi connectivity index (χ2n) is 7.78. The molecule has 7 heteroatoms. The molecule has 1 unspecified atom stereocenters. The Morgan fingerprint density at radius 1 is 1.07 bits per heavy atom. The molecule has 1 aromatic carbocycles. The molecule has 1 aliphatic heterocycles. The molecule has 2 amide bonds. The van der Waals surface area contributed by atoms with Crippen molar-refractivity contribution in [2.45, 2.75) is 45.2 Å². The number of nitrogens with one attached hydrogen (secondary N) is 1. The summed E-state index contributed by atoms with van der Waals surface area (Å²) < 4.78 is 1.94. The second-order valence-corrected chi connectivity index (χ2v) is 7.78. The topological polar surface area (TPSA) is 80.1 Å². The first kappa shape index (κ1) is 20.1. The maximum Gasteiger partial charge on any atom is 0.253 e. The quantitative estimate of drug-likeness (QED) is 0.706. The normalized spacial score (nSPS) is 15.6. The molecule has 156 valence electrons. The average Bonchev–Trinajstić information content (AvgIpc) is 2.93. The maximum absolute atomic E-state index is 13.1. The summed E-state index contributed by atoms with van der Waals surface area (Å²) in [6, 6.07) is 10.9. The van der Waals surface area contributed by atoms with Gasteiger partial charge in [-0.1, -0.05) is 25.0 Å². The van der Waals surface area contributed by atoms with Gasteiger partial charge >= 0.3 is 0 Å². The summed E-state index contributed by atoms with van der Waals surface area (Å²) in [7, 11) is 0. The highest BCUT2D eigenvalue weighted by molar-refractivity contribution is 5.94. The summed E-state index contributed by atoms with van der Waals surface area (Å²) in [5.41, 5.74) is 2.21. The number of pyridine rings is 1. The number of para-hydroxylation sites is 2. The first-order valence-corrected chi connectivity index (χ1v) is 10.6. The van der Waals surface area contributed by atoms with Crippen molar-refractivity contribution in [3.05, 3.63) is 60.2 Å². The van der Waals surface area contributed by atoms with Gasteiger partial charge < -0.3 is 14.8 Å². The Kier molecular flexibility index (Phi) is 6.07. The van der Waals surface area contributed by atoms with Crippen molar-refractivity contribution in [3.8, 4) is 0 Å². The number of nitrogens with zero attached hydrogens (tertiary/aromatic N) is 4. The molecule has 4 rings (SSSR count). The van der Waals surface area contributed by atoms with E-state index in [0.29, 0.717) is 11.4 Å². The van der Waals surface area contributed by atoms with E-state index in [4.69, 9.17) is 4.98 Å². The van der Waals surface area contributed by atoms with Crippen LogP contribution in [0, 0.1) is 0 Å². The van der Waals surface area contributed by atoms with E-state index in [-0.39, 0.29) is 24.4 Å². The number of fused-ring (bicyclic) bond motifs is 1. The molecule has 7 nitrogen and oxygen atoms in total. The minimum atomic E-state index is -0.359. The lowest BCUT2D eigenvalue weighted by Crippen LogP contribution is -2.36. The molecule has 1 fully saturated rings. The van der Waals surface area contributed by atoms with Gasteiger partial charge in [-0.25, -0.2) is 4.98 Å². The fourth-order valence-electron chi connectivity index (χ4n) is 3.99. The van der Waals surface area contributed by atoms with E-state index in [1.807, 2.05) is 40.7 Å². The Labute approximate surface area is 176 Å². The third-order valence-electron chi connectivity index (χ3n) is 5.59. The van der Waals surface area contributed by atoms with E-state index in [2.05, 4.69) is 10.3 Å². The van der Waals surface area contributed by atoms with Crippen molar-refractivity contribution in [3.63, 3.8) is 0 Å². The number of carbonyl (C=O) groups excluding carboxylic acids is 2. The van der Waals surface area contributed by atoms with Gasteiger partial charge in [-0.3, -0.25) is 14.6 Å². The summed E-state index contributed by atoms with van der Waals surface area (Å²) >= 11 is 0. The van der Waals surface area contributed by atoms with Crippen molar-refractivity contribution in [1.29, 1.82) is 0 Å². The third-order valence-corrected chi connectivity index (χ3v) is 5.59. The summed E-state index contributed by atoms with van der Waals surface area (Å²) in [6.07, 6.45) is 7.64. The van der Waals surface area contributed by atoms with E-state index in [1.165, 1.54) is 19.0 Å². The minimum Gasteiger partial charge on any atom is -0.342 e. The predicted molar refractivity (Wildman–Crippen MR) is 115 cm³/mol. The molecule has 1 atom stereocenters. The monoisotopic (exact) mass is 405 g/mol. The van der Waals surface area contributed by atoms with Crippen LogP contribution in [0.25, 0.3) is 11.0 Å². The number of likely N-dealkylation sites (tertiary alicyclic amines) is 1. The Hall–Kier alpha value is -3.22. The van der Waals surface area contributed by atoms with Crippen LogP contribution in [-0.2, 0) is 11.3 Å². The minimum absolute atomic E-state index is 0.104. The molecule has 1 N–H and O–H groups in total. The van der Waals surface area contributed by atoms with Gasteiger partial charge in [0.1, 0.15) is 12.4 Å². The van der Waals surface area contributed by atoms with Crippen LogP contribution in [0.1, 0.15) is 54.8 Å². The fourth-order valence-corrected chi connectivity index (χ4v) is 3.99. The molecule has 30 heavy (non-hydrogen) atoms. The van der Waals surface area contributed by atoms with Gasteiger partial charge in [0.05, 0.1) is 22.6 Å². The highest BCUT2D eigenvalue weighted by atomic mass is 16.2. The van der Waals surface area contributed by atoms with E-state index >= 15 is 0 Å². The largest absolute Gasteiger partial charge is 0.342 e. The number of carbonyl (C=O) groups is 2. The van der Waals surface area contributed by atoms with Gasteiger partial charge in [0.15, 0.2) is 0 Å². The molecule has 0 saturated carbocycles. The predicted octanol–water partition coefficient (Wildman–Crippen LogP) is 3.32. The van der Waals surface area contributed by atoms with Gasteiger partial charge in [0.25, 0.3) is 5.91 Å². The summed E-state index contributed by atoms with van der Waals surface area (Å²) in [6.45, 7) is 3.74. The standard InChI is InChI=1S/C23H27N5O2/c1-17(25-23(30)18-9-8-12-24-15-18)22-26-19-10-4-5-11-20(19)28(22)16-21(29)27-13-6-2-3-7-14-27/h4-5,8-12,15,17H,2-3,6-7,13-14,16H2,1H3,(H,25,30). The first-order valence-electron chi connectivity index (χ1n) is 10.6. The number of amides is 2. The zero-order valence-electron chi connectivity index (χ0n) is 17.3. The summed E-state index contributed by atoms with van der Waals surface area (Å²) in [4.78, 5) is 36.4. The highest BCUT2D eigenvalue weighted by Crippen LogP contribution is 2.22. The number of hydrogen-bond donors (Lipinski definition) is 1. The molecule has 2 aromatic heterocycles. The first-order chi connectivity index (χ1) is 14.6. The lowest BCUT2D eigenvalue weighted by molar-refractivity contribution is -0.131. The molecule has 0 spiro atoms. The number of aromatic nitrogens is 3. The Morgan fingerprint density at radius 2 is 1.83 bits per heavy atom. The van der Waals surface area contributed by atoms with E-state index < -0.39 is 0 Å². The molecule has 3 aromatic rings. The summed E-state index contributed by atoms with van der Waals surface area (Å²) in [5.74, 6) is 0.566. The Morgan fingerprint density at radius 3 is 2.57 bits per heavy atom. The Bertz CT molecular complexity index is 1020. The highest BCUT2D eigenvalue weighted by Gasteiger charge is 2.23. The molecular weight excluding hydrogens is 378 g/mol. The maximum atomic E-state index is 13.1. The Balaban J connectivity index is 1.59. The molecule has 0 bridgehead atoms. The van der Waals surface area contributed by atoms with Crippen LogP contribution in [-0.4, -0.2) is 44.3 Å². The second kappa shape index (κ2) is 9.07. The van der Waals surface area contributed by atoms with E-state index in [9.17, 15) is 9.59 Å². The van der Waals surface area contributed by atoms with Crippen LogP contribution >= 0.6 is 0 Å². The fraction of sp³-hybridized carbons (Fsp3) is 0.391. The lowest BCUT2D eigenvalue weighted by Gasteiger charge is -2.22. The van der Waals surface area contributed by atoms with Gasteiger partial charge in [-0.15, -0.1) is 0 Å². The third kappa shape index (κ3) is 4.35.